The third-order valence-corrected chi connectivity index (χ3v) is 6.04. The molecule has 2 N–H and O–H groups in total. The van der Waals surface area contributed by atoms with E-state index in [4.69, 9.17) is 0 Å². The molecule has 1 aromatic carbocycles. The van der Waals surface area contributed by atoms with Crippen molar-refractivity contribution in [1.29, 1.82) is 0 Å². The lowest BCUT2D eigenvalue weighted by molar-refractivity contribution is 0.120. The Balaban J connectivity index is 0.00000300. The van der Waals surface area contributed by atoms with Gasteiger partial charge in [0.2, 0.25) is 0 Å². The second kappa shape index (κ2) is 12.7. The van der Waals surface area contributed by atoms with E-state index in [0.717, 1.165) is 51.8 Å². The van der Waals surface area contributed by atoms with E-state index in [9.17, 15) is 0 Å². The molecule has 0 aliphatic carbocycles. The van der Waals surface area contributed by atoms with Crippen LogP contribution in [0.15, 0.2) is 29.3 Å². The van der Waals surface area contributed by atoms with Crippen LogP contribution in [-0.2, 0) is 13.1 Å². The van der Waals surface area contributed by atoms with Gasteiger partial charge in [-0.3, -0.25) is 14.8 Å². The third-order valence-electron chi connectivity index (χ3n) is 6.04. The van der Waals surface area contributed by atoms with Crippen LogP contribution >= 0.6 is 24.0 Å². The topological polar surface area (TPSA) is 46.1 Å². The fraction of sp³-hybridized carbons (Fsp3) is 0.682. The molecule has 0 spiro atoms. The average Bonchev–Trinajstić information content (AvgIpc) is 3.22. The summed E-state index contributed by atoms with van der Waals surface area (Å²) in [5.74, 6) is 0.877. The summed E-state index contributed by atoms with van der Waals surface area (Å²) in [4.78, 5) is 11.9. The lowest BCUT2D eigenvalue weighted by Gasteiger charge is -2.36. The van der Waals surface area contributed by atoms with Crippen molar-refractivity contribution in [2.24, 2.45) is 4.99 Å². The maximum Gasteiger partial charge on any atom is 0.191 e. The van der Waals surface area contributed by atoms with Gasteiger partial charge in [0.25, 0.3) is 0 Å². The summed E-state index contributed by atoms with van der Waals surface area (Å²) in [7, 11) is 4.04. The smallest absolute Gasteiger partial charge is 0.191 e. The molecule has 1 aromatic rings. The Bertz CT molecular complexity index is 606. The average molecular weight is 515 g/mol. The van der Waals surface area contributed by atoms with E-state index in [1.165, 1.54) is 37.1 Å². The number of benzene rings is 1. The minimum Gasteiger partial charge on any atom is -0.355 e. The first kappa shape index (κ1) is 24.4. The highest BCUT2D eigenvalue weighted by Crippen LogP contribution is 2.13. The number of hydrogen-bond acceptors (Lipinski definition) is 4. The first-order valence-corrected chi connectivity index (χ1v) is 10.8. The molecule has 0 amide bonds. The second-order valence-electron chi connectivity index (χ2n) is 8.29. The Labute approximate surface area is 194 Å². The standard InChI is InChI=1S/C22H38N6.HI/c1-19(28-14-12-26(3)13-15-28)16-24-22(23-2)25-17-20-6-8-21(9-7-20)18-27-10-4-5-11-27;/h6-9,19H,4-5,10-18H2,1-3H3,(H2,23,24,25);1H. The largest absolute Gasteiger partial charge is 0.355 e. The van der Waals surface area contributed by atoms with Gasteiger partial charge in [-0.25, -0.2) is 0 Å². The van der Waals surface area contributed by atoms with E-state index in [1.807, 2.05) is 7.05 Å². The van der Waals surface area contributed by atoms with Crippen molar-refractivity contribution >= 4 is 29.9 Å². The van der Waals surface area contributed by atoms with E-state index in [2.05, 4.69) is 68.6 Å². The Morgan fingerprint density at radius 2 is 1.59 bits per heavy atom. The second-order valence-corrected chi connectivity index (χ2v) is 8.29. The number of rotatable bonds is 7. The fourth-order valence-electron chi connectivity index (χ4n) is 4.00. The van der Waals surface area contributed by atoms with Crippen molar-refractivity contribution < 1.29 is 0 Å². The van der Waals surface area contributed by atoms with Gasteiger partial charge in [0.05, 0.1) is 0 Å². The van der Waals surface area contributed by atoms with Crippen molar-refractivity contribution in [2.45, 2.75) is 38.9 Å². The number of likely N-dealkylation sites (tertiary alicyclic amines) is 1. The first-order valence-electron chi connectivity index (χ1n) is 10.8. The SMILES string of the molecule is CN=C(NCc1ccc(CN2CCCC2)cc1)NCC(C)N1CCN(C)CC1.I. The van der Waals surface area contributed by atoms with Gasteiger partial charge in [-0.05, 0) is 51.0 Å². The van der Waals surface area contributed by atoms with Gasteiger partial charge in [0, 0.05) is 58.9 Å². The lowest BCUT2D eigenvalue weighted by atomic mass is 10.1. The van der Waals surface area contributed by atoms with Crippen LogP contribution in [0.25, 0.3) is 0 Å². The van der Waals surface area contributed by atoms with Gasteiger partial charge in [-0.2, -0.15) is 0 Å². The first-order chi connectivity index (χ1) is 13.6. The monoisotopic (exact) mass is 514 g/mol. The predicted octanol–water partition coefficient (Wildman–Crippen LogP) is 2.20. The van der Waals surface area contributed by atoms with Gasteiger partial charge in [-0.15, -0.1) is 24.0 Å². The molecule has 0 saturated carbocycles. The summed E-state index contributed by atoms with van der Waals surface area (Å²) in [5, 5.41) is 6.93. The van der Waals surface area contributed by atoms with E-state index in [-0.39, 0.29) is 24.0 Å². The summed E-state index contributed by atoms with van der Waals surface area (Å²) >= 11 is 0. The maximum atomic E-state index is 4.38. The Morgan fingerprint density at radius 1 is 0.966 bits per heavy atom. The van der Waals surface area contributed by atoms with Crippen LogP contribution in [-0.4, -0.2) is 86.6 Å². The molecule has 0 bridgehead atoms. The van der Waals surface area contributed by atoms with E-state index in [0.29, 0.717) is 6.04 Å². The van der Waals surface area contributed by atoms with Crippen molar-refractivity contribution in [3.05, 3.63) is 35.4 Å². The molecule has 164 valence electrons. The number of nitrogens with one attached hydrogen (secondary N) is 2. The van der Waals surface area contributed by atoms with Crippen LogP contribution in [0.1, 0.15) is 30.9 Å². The summed E-state index contributed by atoms with van der Waals surface area (Å²) in [6.45, 7) is 12.2. The van der Waals surface area contributed by atoms with Crippen molar-refractivity contribution in [2.75, 3.05) is 59.9 Å². The molecule has 2 heterocycles. The number of aliphatic imine (C=N–C) groups is 1. The summed E-state index contributed by atoms with van der Waals surface area (Å²) in [5.41, 5.74) is 2.70. The normalized spacial score (nSPS) is 20.3. The van der Waals surface area contributed by atoms with Gasteiger partial charge in [0.1, 0.15) is 0 Å². The van der Waals surface area contributed by atoms with Crippen LogP contribution in [0.2, 0.25) is 0 Å². The van der Waals surface area contributed by atoms with Crippen molar-refractivity contribution in [1.82, 2.24) is 25.3 Å². The minimum absolute atomic E-state index is 0. The maximum absolute atomic E-state index is 4.38. The van der Waals surface area contributed by atoms with Gasteiger partial charge in [0.15, 0.2) is 5.96 Å². The Hall–Kier alpha value is -0.900. The molecule has 7 heteroatoms. The molecule has 2 aliphatic heterocycles. The molecular weight excluding hydrogens is 475 g/mol. The van der Waals surface area contributed by atoms with Crippen LogP contribution in [0.3, 0.4) is 0 Å². The van der Waals surface area contributed by atoms with Gasteiger partial charge in [-0.1, -0.05) is 24.3 Å². The highest BCUT2D eigenvalue weighted by molar-refractivity contribution is 14.0. The molecule has 2 saturated heterocycles. The molecule has 1 atom stereocenters. The zero-order valence-electron chi connectivity index (χ0n) is 18.4. The summed E-state index contributed by atoms with van der Waals surface area (Å²) < 4.78 is 0. The molecule has 1 unspecified atom stereocenters. The fourth-order valence-corrected chi connectivity index (χ4v) is 4.00. The molecule has 2 fully saturated rings. The number of likely N-dealkylation sites (N-methyl/N-ethyl adjacent to an activating group) is 1. The number of hydrogen-bond donors (Lipinski definition) is 2. The van der Waals surface area contributed by atoms with E-state index < -0.39 is 0 Å². The van der Waals surface area contributed by atoms with Crippen molar-refractivity contribution in [3.8, 4) is 0 Å². The molecule has 0 aromatic heterocycles. The highest BCUT2D eigenvalue weighted by atomic mass is 127. The predicted molar refractivity (Wildman–Crippen MR) is 133 cm³/mol. The zero-order valence-corrected chi connectivity index (χ0v) is 20.7. The summed E-state index contributed by atoms with van der Waals surface area (Å²) in [6, 6.07) is 9.51. The zero-order chi connectivity index (χ0) is 19.8. The number of halogens is 1. The molecular formula is C22H39IN6. The van der Waals surface area contributed by atoms with Gasteiger partial charge >= 0.3 is 0 Å². The quantitative estimate of drug-likeness (QED) is 0.332. The number of guanidine groups is 1. The van der Waals surface area contributed by atoms with Crippen LogP contribution < -0.4 is 10.6 Å². The van der Waals surface area contributed by atoms with Crippen molar-refractivity contribution in [3.63, 3.8) is 0 Å². The summed E-state index contributed by atoms with van der Waals surface area (Å²) in [6.07, 6.45) is 2.70. The molecule has 0 radical (unpaired) electrons. The highest BCUT2D eigenvalue weighted by Gasteiger charge is 2.19. The minimum atomic E-state index is 0. The molecule has 29 heavy (non-hydrogen) atoms. The van der Waals surface area contributed by atoms with Gasteiger partial charge < -0.3 is 15.5 Å². The number of nitrogens with zero attached hydrogens (tertiary/aromatic N) is 4. The van der Waals surface area contributed by atoms with E-state index >= 15 is 0 Å². The molecule has 2 aliphatic rings. The molecule has 6 nitrogen and oxygen atoms in total. The Morgan fingerprint density at radius 3 is 2.21 bits per heavy atom. The van der Waals surface area contributed by atoms with Crippen LogP contribution in [0.4, 0.5) is 0 Å². The Kier molecular flexibility index (Phi) is 10.7. The van der Waals surface area contributed by atoms with Crippen LogP contribution in [0.5, 0.6) is 0 Å². The lowest BCUT2D eigenvalue weighted by Crippen LogP contribution is -2.52. The molecule has 3 rings (SSSR count). The number of piperazine rings is 1. The third kappa shape index (κ3) is 8.03. The van der Waals surface area contributed by atoms with E-state index in [1.54, 1.807) is 0 Å². The van der Waals surface area contributed by atoms with Crippen LogP contribution in [0, 0.1) is 0 Å².